The Hall–Kier alpha value is -8.35. The molecular weight excluding hydrogens is 809 g/mol. The van der Waals surface area contributed by atoms with Gasteiger partial charge in [0.15, 0.2) is 22.7 Å². The highest BCUT2D eigenvalue weighted by Gasteiger charge is 2.35. The predicted octanol–water partition coefficient (Wildman–Crippen LogP) is 6.98. The van der Waals surface area contributed by atoms with Crippen molar-refractivity contribution in [3.8, 4) is 57.4 Å². The molecule has 4 aromatic carbocycles. The number of imidazole rings is 2. The summed E-state index contributed by atoms with van der Waals surface area (Å²) in [5, 5.41) is 6.25. The van der Waals surface area contributed by atoms with E-state index in [-0.39, 0.29) is 17.5 Å². The molecule has 0 aliphatic carbocycles. The standard InChI is InChI=1S/C25H23N5O2.C24H21N5O3/c1-2-3-13-29-15-18(16-29)21-14-27-30-23(24(26)31)22(28-25(21)30)17-9-11-20(12-10-17)32-19-7-5-4-6-8-19;1-2-20(30)28-13-16(14-28)19-12-26-29-22(23(25)31)21(27-24(19)29)15-8-10-18(11-9-15)32-17-6-4-3-5-7-17/h4-12,14,18,27H,13,15-16H2,1H3,(H2,26,31);2-12,16,26H,1,13-14H2,(H2,25,31). The zero-order valence-electron chi connectivity index (χ0n) is 34.9. The van der Waals surface area contributed by atoms with Crippen molar-refractivity contribution in [1.82, 2.24) is 39.0 Å². The normalized spacial score (nSPS) is 13.9. The van der Waals surface area contributed by atoms with Crippen LogP contribution in [0.4, 0.5) is 0 Å². The van der Waals surface area contributed by atoms with Gasteiger partial charge in [0.2, 0.25) is 5.91 Å². The van der Waals surface area contributed by atoms with Gasteiger partial charge in [-0.2, -0.15) is 0 Å². The molecule has 6 N–H and O–H groups in total. The molecule has 0 atom stereocenters. The fraction of sp³-hybridized carbons (Fsp3) is 0.163. The molecule has 15 nitrogen and oxygen atoms in total. The molecule has 15 heteroatoms. The second kappa shape index (κ2) is 17.6. The summed E-state index contributed by atoms with van der Waals surface area (Å²) < 4.78 is 15.0. The lowest BCUT2D eigenvalue weighted by molar-refractivity contribution is -0.130. The molecule has 2 aliphatic rings. The first-order valence-electron chi connectivity index (χ1n) is 20.7. The lowest BCUT2D eigenvalue weighted by Gasteiger charge is -2.38. The molecule has 0 bridgehead atoms. The zero-order chi connectivity index (χ0) is 44.3. The topological polar surface area (TPSA) is 194 Å². The third-order valence-corrected chi connectivity index (χ3v) is 11.3. The van der Waals surface area contributed by atoms with Gasteiger partial charge in [0.25, 0.3) is 11.8 Å². The number of primary amides is 2. The Kier molecular flexibility index (Phi) is 11.3. The number of aromatic nitrogens is 6. The van der Waals surface area contributed by atoms with Crippen LogP contribution in [-0.4, -0.2) is 89.4 Å². The number of rotatable bonds is 12. The summed E-state index contributed by atoms with van der Waals surface area (Å²) in [6, 6.07) is 33.9. The Balaban J connectivity index is 0.000000162. The molecule has 2 aliphatic heterocycles. The molecule has 64 heavy (non-hydrogen) atoms. The number of hydrogen-bond acceptors (Lipinski definition) is 8. The van der Waals surface area contributed by atoms with Gasteiger partial charge in [-0.15, -0.1) is 5.92 Å². The summed E-state index contributed by atoms with van der Waals surface area (Å²) in [5.41, 5.74) is 18.1. The van der Waals surface area contributed by atoms with Crippen molar-refractivity contribution in [2.24, 2.45) is 11.5 Å². The van der Waals surface area contributed by atoms with E-state index in [1.165, 1.54) is 6.08 Å². The maximum atomic E-state index is 12.3. The van der Waals surface area contributed by atoms with E-state index in [1.54, 1.807) is 13.9 Å². The van der Waals surface area contributed by atoms with E-state index >= 15 is 0 Å². The van der Waals surface area contributed by atoms with Crippen molar-refractivity contribution in [3.63, 3.8) is 0 Å². The minimum absolute atomic E-state index is 0.0903. The fourth-order valence-electron chi connectivity index (χ4n) is 8.02. The molecule has 2 fully saturated rings. The maximum absolute atomic E-state index is 12.3. The van der Waals surface area contributed by atoms with Crippen molar-refractivity contribution >= 4 is 29.0 Å². The Morgan fingerprint density at radius 2 is 1.09 bits per heavy atom. The summed E-state index contributed by atoms with van der Waals surface area (Å²) in [5.74, 6) is 8.18. The second-order valence-electron chi connectivity index (χ2n) is 15.5. The molecule has 0 saturated carbocycles. The molecule has 4 aromatic heterocycles. The number of fused-ring (bicyclic) bond motifs is 2. The lowest BCUT2D eigenvalue weighted by atomic mass is 9.93. The third-order valence-electron chi connectivity index (χ3n) is 11.3. The first kappa shape index (κ1) is 41.0. The Morgan fingerprint density at radius 1 is 0.672 bits per heavy atom. The lowest BCUT2D eigenvalue weighted by Crippen LogP contribution is -2.47. The summed E-state index contributed by atoms with van der Waals surface area (Å²) in [4.78, 5) is 49.9. The van der Waals surface area contributed by atoms with Crippen LogP contribution in [0.3, 0.4) is 0 Å². The van der Waals surface area contributed by atoms with Gasteiger partial charge >= 0.3 is 0 Å². The minimum Gasteiger partial charge on any atom is -0.457 e. The molecule has 6 heterocycles. The second-order valence-corrected chi connectivity index (χ2v) is 15.5. The number of H-pyrrole nitrogens is 2. The maximum Gasteiger partial charge on any atom is 0.269 e. The van der Waals surface area contributed by atoms with Gasteiger partial charge in [0.05, 0.1) is 6.54 Å². The van der Waals surface area contributed by atoms with Crippen LogP contribution in [0.15, 0.2) is 134 Å². The van der Waals surface area contributed by atoms with E-state index in [0.29, 0.717) is 53.2 Å². The van der Waals surface area contributed by atoms with E-state index in [9.17, 15) is 14.4 Å². The molecule has 10 rings (SSSR count). The molecule has 0 radical (unpaired) electrons. The van der Waals surface area contributed by atoms with Crippen LogP contribution in [0.2, 0.25) is 0 Å². The van der Waals surface area contributed by atoms with Crippen LogP contribution >= 0.6 is 0 Å². The van der Waals surface area contributed by atoms with Crippen LogP contribution in [-0.2, 0) is 4.79 Å². The molecule has 8 aromatic rings. The number of aromatic amines is 2. The number of hydrogen-bond donors (Lipinski definition) is 4. The number of carbonyl (C=O) groups is 3. The van der Waals surface area contributed by atoms with E-state index in [0.717, 1.165) is 59.0 Å². The van der Waals surface area contributed by atoms with Crippen LogP contribution in [0.5, 0.6) is 23.0 Å². The molecule has 3 amide bonds. The smallest absolute Gasteiger partial charge is 0.269 e. The third kappa shape index (κ3) is 8.08. The van der Waals surface area contributed by atoms with Gasteiger partial charge in [-0.05, 0) is 85.8 Å². The van der Waals surface area contributed by atoms with E-state index in [4.69, 9.17) is 30.9 Å². The van der Waals surface area contributed by atoms with Gasteiger partial charge in [0.1, 0.15) is 34.4 Å². The minimum atomic E-state index is -0.581. The predicted molar refractivity (Wildman–Crippen MR) is 242 cm³/mol. The number of nitrogens with zero attached hydrogens (tertiary/aromatic N) is 6. The number of likely N-dealkylation sites (tertiary alicyclic amines) is 2. The van der Waals surface area contributed by atoms with Crippen LogP contribution in [0.1, 0.15) is 50.9 Å². The highest BCUT2D eigenvalue weighted by molar-refractivity contribution is 5.99. The van der Waals surface area contributed by atoms with Crippen LogP contribution in [0.25, 0.3) is 33.8 Å². The van der Waals surface area contributed by atoms with Crippen molar-refractivity contribution in [1.29, 1.82) is 0 Å². The number of benzene rings is 4. The summed E-state index contributed by atoms with van der Waals surface area (Å²) >= 11 is 0. The fourth-order valence-corrected chi connectivity index (χ4v) is 8.02. The Labute approximate surface area is 367 Å². The van der Waals surface area contributed by atoms with E-state index in [2.05, 4.69) is 33.5 Å². The monoisotopic (exact) mass is 852 g/mol. The van der Waals surface area contributed by atoms with Gasteiger partial charge in [0, 0.05) is 72.7 Å². The molecule has 2 saturated heterocycles. The Morgan fingerprint density at radius 3 is 1.50 bits per heavy atom. The molecule has 0 spiro atoms. The van der Waals surface area contributed by atoms with Crippen molar-refractivity contribution in [3.05, 3.63) is 157 Å². The van der Waals surface area contributed by atoms with Gasteiger partial charge < -0.3 is 25.8 Å². The number of carbonyl (C=O) groups excluding carboxylic acids is 3. The van der Waals surface area contributed by atoms with E-state index in [1.807, 2.05) is 129 Å². The summed E-state index contributed by atoms with van der Waals surface area (Å²) in [6.45, 7) is 9.15. The summed E-state index contributed by atoms with van der Waals surface area (Å²) in [7, 11) is 0. The number of nitrogens with two attached hydrogens (primary N) is 2. The van der Waals surface area contributed by atoms with Crippen LogP contribution in [0, 0.1) is 11.8 Å². The quantitative estimate of drug-likeness (QED) is 0.0747. The number of nitrogens with one attached hydrogen (secondary N) is 2. The van der Waals surface area contributed by atoms with Crippen LogP contribution < -0.4 is 20.9 Å². The largest absolute Gasteiger partial charge is 0.457 e. The zero-order valence-corrected chi connectivity index (χ0v) is 34.9. The van der Waals surface area contributed by atoms with Crippen molar-refractivity contribution in [2.75, 3.05) is 32.7 Å². The molecule has 320 valence electrons. The van der Waals surface area contributed by atoms with Gasteiger partial charge in [-0.25, -0.2) is 19.0 Å². The van der Waals surface area contributed by atoms with Crippen molar-refractivity contribution < 1.29 is 23.9 Å². The Bertz CT molecular complexity index is 3050. The van der Waals surface area contributed by atoms with Gasteiger partial charge in [-0.1, -0.05) is 48.9 Å². The first-order chi connectivity index (χ1) is 31.2. The summed E-state index contributed by atoms with van der Waals surface area (Å²) in [6.07, 6.45) is 5.05. The van der Waals surface area contributed by atoms with Gasteiger partial charge in [-0.3, -0.25) is 29.5 Å². The average molecular weight is 853 g/mol. The van der Waals surface area contributed by atoms with Crippen molar-refractivity contribution in [2.45, 2.75) is 18.8 Å². The highest BCUT2D eigenvalue weighted by atomic mass is 16.5. The highest BCUT2D eigenvalue weighted by Crippen LogP contribution is 2.36. The average Bonchev–Trinajstić information content (AvgIpc) is 4.06. The molecular formula is C49H44N10O5. The number of amides is 3. The first-order valence-corrected chi connectivity index (χ1v) is 20.7. The number of ether oxygens (including phenoxy) is 2. The SMILES string of the molecule is C=CC(=O)N1CC(c2c[nH]n3c(C(N)=O)c(-c4ccc(Oc5ccccc5)cc4)nc23)C1.CC#CCN1CC(c2c[nH]n3c(C(N)=O)c(-c4ccc(Oc5ccccc5)cc4)nc23)C1. The number of para-hydroxylation sites is 2. The van der Waals surface area contributed by atoms with E-state index < -0.39 is 11.8 Å². The molecule has 0 unspecified atom stereocenters.